The molecule has 0 fully saturated rings. The molecular weight excluding hydrogens is 326 g/mol. The minimum absolute atomic E-state index is 0.240. The highest BCUT2D eigenvalue weighted by Crippen LogP contribution is 2.29. The quantitative estimate of drug-likeness (QED) is 0.565. The molecule has 1 aliphatic rings. The van der Waals surface area contributed by atoms with Crippen molar-refractivity contribution in [1.82, 2.24) is 5.32 Å². The smallest absolute Gasteiger partial charge is 0.338 e. The zero-order valence-electron chi connectivity index (χ0n) is 14.4. The minimum Gasteiger partial charge on any atom is -0.490 e. The predicted octanol–water partition coefficient (Wildman–Crippen LogP) is 1.06. The summed E-state index contributed by atoms with van der Waals surface area (Å²) in [7, 11) is 1.18. The lowest BCUT2D eigenvalue weighted by molar-refractivity contribution is -0.151. The zero-order valence-corrected chi connectivity index (χ0v) is 14.4. The van der Waals surface area contributed by atoms with Gasteiger partial charge in [-0.05, 0) is 30.0 Å². The Balaban J connectivity index is 2.15. The summed E-state index contributed by atoms with van der Waals surface area (Å²) in [5, 5.41) is 11.8. The molecule has 0 radical (unpaired) electrons. The van der Waals surface area contributed by atoms with Crippen LogP contribution in [0.4, 0.5) is 0 Å². The first-order valence-electron chi connectivity index (χ1n) is 7.91. The molecule has 1 aliphatic heterocycles. The molecule has 2 N–H and O–H groups in total. The second-order valence-corrected chi connectivity index (χ2v) is 6.11. The molecule has 0 bridgehead atoms. The summed E-state index contributed by atoms with van der Waals surface area (Å²) in [5.41, 5.74) is 1.47. The van der Waals surface area contributed by atoms with Crippen molar-refractivity contribution in [2.45, 2.75) is 26.4 Å². The van der Waals surface area contributed by atoms with E-state index in [1.54, 1.807) is 24.3 Å². The van der Waals surface area contributed by atoms with Gasteiger partial charge in [0.05, 0.1) is 12.7 Å². The van der Waals surface area contributed by atoms with Crippen molar-refractivity contribution in [3.8, 4) is 5.75 Å². The van der Waals surface area contributed by atoms with Crippen molar-refractivity contribution in [3.63, 3.8) is 0 Å². The van der Waals surface area contributed by atoms with E-state index in [4.69, 9.17) is 4.74 Å². The molecule has 1 unspecified atom stereocenters. The number of aliphatic hydroxyl groups is 1. The van der Waals surface area contributed by atoms with E-state index in [1.165, 1.54) is 7.11 Å². The number of carbonyl (C=O) groups is 3. The third-order valence-electron chi connectivity index (χ3n) is 3.67. The Morgan fingerprint density at radius 1 is 1.16 bits per heavy atom. The summed E-state index contributed by atoms with van der Waals surface area (Å²) in [5.74, 6) is -0.876. The maximum absolute atomic E-state index is 12.1. The molecule has 1 aromatic rings. The van der Waals surface area contributed by atoms with Gasteiger partial charge in [0.25, 0.3) is 11.8 Å². The van der Waals surface area contributed by atoms with Crippen molar-refractivity contribution in [1.29, 1.82) is 0 Å². The number of nitrogens with one attached hydrogen (secondary N) is 1. The molecule has 0 spiro atoms. The van der Waals surface area contributed by atoms with Crippen LogP contribution in [0.3, 0.4) is 0 Å². The maximum Gasteiger partial charge on any atom is 0.338 e. The lowest BCUT2D eigenvalue weighted by Gasteiger charge is -2.11. The molecule has 1 aromatic carbocycles. The third kappa shape index (κ3) is 4.45. The second kappa shape index (κ2) is 7.94. The molecular formula is C18H21NO6. The number of rotatable bonds is 7. The van der Waals surface area contributed by atoms with Crippen LogP contribution in [-0.4, -0.2) is 42.7 Å². The maximum atomic E-state index is 12.1. The topological polar surface area (TPSA) is 102 Å². The fraction of sp³-hybridized carbons (Fsp3) is 0.389. The van der Waals surface area contributed by atoms with Gasteiger partial charge in [-0.25, -0.2) is 4.79 Å². The number of esters is 1. The predicted molar refractivity (Wildman–Crippen MR) is 89.5 cm³/mol. The van der Waals surface area contributed by atoms with E-state index in [-0.39, 0.29) is 18.4 Å². The summed E-state index contributed by atoms with van der Waals surface area (Å²) in [6.45, 7) is 3.71. The average Bonchev–Trinajstić information content (AvgIpc) is 2.85. The Hall–Kier alpha value is -2.67. The molecule has 1 atom stereocenters. The summed E-state index contributed by atoms with van der Waals surface area (Å²) in [6.07, 6.45) is -0.862. The van der Waals surface area contributed by atoms with Crippen LogP contribution in [-0.2, 0) is 19.1 Å². The molecule has 7 nitrogen and oxygen atoms in total. The number of aliphatic hydroxyl groups excluding tert-OH is 1. The number of ether oxygens (including phenoxy) is 2. The van der Waals surface area contributed by atoms with Crippen molar-refractivity contribution in [2.24, 2.45) is 5.92 Å². The summed E-state index contributed by atoms with van der Waals surface area (Å²) in [4.78, 5) is 35.2. The van der Waals surface area contributed by atoms with Gasteiger partial charge in [0.2, 0.25) is 0 Å². The van der Waals surface area contributed by atoms with Crippen LogP contribution in [0.15, 0.2) is 29.8 Å². The molecule has 0 aromatic heterocycles. The fourth-order valence-corrected chi connectivity index (χ4v) is 2.50. The SMILES string of the molecule is COC(=O)C(O)COc1ccc(C2=C(CC(C)C)C(=O)NC2=O)cc1. The average molecular weight is 347 g/mol. The van der Waals surface area contributed by atoms with Crippen LogP contribution in [0.25, 0.3) is 5.57 Å². The van der Waals surface area contributed by atoms with Gasteiger partial charge in [-0.3, -0.25) is 14.9 Å². The molecule has 0 saturated heterocycles. The molecule has 0 aliphatic carbocycles. The number of methoxy groups -OCH3 is 1. The van der Waals surface area contributed by atoms with Gasteiger partial charge in [0.15, 0.2) is 6.10 Å². The van der Waals surface area contributed by atoms with E-state index < -0.39 is 18.0 Å². The van der Waals surface area contributed by atoms with Crippen molar-refractivity contribution in [3.05, 3.63) is 35.4 Å². The van der Waals surface area contributed by atoms with Crippen LogP contribution >= 0.6 is 0 Å². The summed E-state index contributed by atoms with van der Waals surface area (Å²) < 4.78 is 9.71. The van der Waals surface area contributed by atoms with Gasteiger partial charge in [-0.2, -0.15) is 0 Å². The first-order chi connectivity index (χ1) is 11.8. The Morgan fingerprint density at radius 3 is 2.36 bits per heavy atom. The van der Waals surface area contributed by atoms with Crippen LogP contribution in [0.5, 0.6) is 5.75 Å². The van der Waals surface area contributed by atoms with Gasteiger partial charge in [-0.1, -0.05) is 26.0 Å². The van der Waals surface area contributed by atoms with Gasteiger partial charge in [0, 0.05) is 5.57 Å². The normalized spacial score (nSPS) is 15.4. The number of hydrogen-bond donors (Lipinski definition) is 2. The fourth-order valence-electron chi connectivity index (χ4n) is 2.50. The number of benzene rings is 1. The summed E-state index contributed by atoms with van der Waals surface area (Å²) >= 11 is 0. The highest BCUT2D eigenvalue weighted by atomic mass is 16.5. The van der Waals surface area contributed by atoms with E-state index in [0.717, 1.165) is 0 Å². The first-order valence-corrected chi connectivity index (χ1v) is 7.91. The largest absolute Gasteiger partial charge is 0.490 e. The Kier molecular flexibility index (Phi) is 5.93. The van der Waals surface area contributed by atoms with E-state index in [9.17, 15) is 19.5 Å². The molecule has 7 heteroatoms. The number of imide groups is 1. The standard InChI is InChI=1S/C18H21NO6/c1-10(2)8-13-15(17(22)19-16(13)21)11-4-6-12(7-5-11)25-9-14(20)18(23)24-3/h4-7,10,14,20H,8-9H2,1-3H3,(H,19,21,22). The lowest BCUT2D eigenvalue weighted by Crippen LogP contribution is -2.28. The molecule has 1 heterocycles. The van der Waals surface area contributed by atoms with Crippen molar-refractivity contribution < 1.29 is 29.0 Å². The molecule has 134 valence electrons. The minimum atomic E-state index is -1.37. The molecule has 0 saturated carbocycles. The lowest BCUT2D eigenvalue weighted by atomic mass is 9.95. The van der Waals surface area contributed by atoms with Gasteiger partial charge < -0.3 is 14.6 Å². The van der Waals surface area contributed by atoms with Gasteiger partial charge >= 0.3 is 5.97 Å². The van der Waals surface area contributed by atoms with Crippen molar-refractivity contribution >= 4 is 23.4 Å². The zero-order chi connectivity index (χ0) is 18.6. The molecule has 2 rings (SSSR count). The van der Waals surface area contributed by atoms with Crippen LogP contribution in [0.1, 0.15) is 25.8 Å². The monoisotopic (exact) mass is 347 g/mol. The van der Waals surface area contributed by atoms with E-state index in [1.807, 2.05) is 13.8 Å². The van der Waals surface area contributed by atoms with Crippen molar-refractivity contribution in [2.75, 3.05) is 13.7 Å². The van der Waals surface area contributed by atoms with Gasteiger partial charge in [0.1, 0.15) is 12.4 Å². The second-order valence-electron chi connectivity index (χ2n) is 6.11. The number of hydrogen-bond acceptors (Lipinski definition) is 6. The van der Waals surface area contributed by atoms with Gasteiger partial charge in [-0.15, -0.1) is 0 Å². The summed E-state index contributed by atoms with van der Waals surface area (Å²) in [6, 6.07) is 6.53. The van der Waals surface area contributed by atoms with Crippen LogP contribution < -0.4 is 10.1 Å². The van der Waals surface area contributed by atoms with Crippen LogP contribution in [0.2, 0.25) is 0 Å². The third-order valence-corrected chi connectivity index (χ3v) is 3.67. The molecule has 25 heavy (non-hydrogen) atoms. The van der Waals surface area contributed by atoms with Crippen LogP contribution in [0, 0.1) is 5.92 Å². The number of amides is 2. The Bertz CT molecular complexity index is 705. The molecule has 2 amide bonds. The van der Waals surface area contributed by atoms with E-state index >= 15 is 0 Å². The van der Waals surface area contributed by atoms with E-state index in [2.05, 4.69) is 10.1 Å². The highest BCUT2D eigenvalue weighted by Gasteiger charge is 2.31. The Labute approximate surface area is 145 Å². The Morgan fingerprint density at radius 2 is 1.80 bits per heavy atom. The number of carbonyl (C=O) groups excluding carboxylic acids is 3. The van der Waals surface area contributed by atoms with E-state index in [0.29, 0.717) is 28.9 Å². The highest BCUT2D eigenvalue weighted by molar-refractivity contribution is 6.35. The first kappa shape index (κ1) is 18.7.